The Labute approximate surface area is 110 Å². The van der Waals surface area contributed by atoms with Crippen molar-refractivity contribution in [1.82, 2.24) is 9.97 Å². The standard InChI is InChI=1S/C14H17N3O2/c1-2-3-4-10-5-7-11(8-6-10)16-12-9-15-14(19)17-13(12)18/h5-9,16H,2-4H2,1H3,(H2,15,17,18,19). The first-order valence-corrected chi connectivity index (χ1v) is 6.37. The average molecular weight is 259 g/mol. The van der Waals surface area contributed by atoms with E-state index in [1.165, 1.54) is 24.6 Å². The van der Waals surface area contributed by atoms with E-state index in [-0.39, 0.29) is 0 Å². The van der Waals surface area contributed by atoms with Crippen LogP contribution in [0.5, 0.6) is 0 Å². The molecule has 0 amide bonds. The zero-order chi connectivity index (χ0) is 13.7. The van der Waals surface area contributed by atoms with E-state index in [4.69, 9.17) is 0 Å². The van der Waals surface area contributed by atoms with Crippen LogP contribution in [0.1, 0.15) is 25.3 Å². The fourth-order valence-electron chi connectivity index (χ4n) is 1.79. The number of rotatable bonds is 5. The van der Waals surface area contributed by atoms with Gasteiger partial charge in [0.1, 0.15) is 5.69 Å². The SMILES string of the molecule is CCCCc1ccc(Nc2c[nH]c(=O)[nH]c2=O)cc1. The number of H-pyrrole nitrogens is 2. The maximum absolute atomic E-state index is 11.5. The zero-order valence-corrected chi connectivity index (χ0v) is 10.8. The number of aryl methyl sites for hydroxylation is 1. The van der Waals surface area contributed by atoms with Gasteiger partial charge in [0.2, 0.25) is 0 Å². The summed E-state index contributed by atoms with van der Waals surface area (Å²) in [5, 5.41) is 2.97. The Kier molecular flexibility index (Phi) is 4.18. The molecule has 19 heavy (non-hydrogen) atoms. The molecule has 3 N–H and O–H groups in total. The summed E-state index contributed by atoms with van der Waals surface area (Å²) in [4.78, 5) is 27.0. The molecule has 0 saturated carbocycles. The molecule has 0 saturated heterocycles. The molecule has 0 atom stereocenters. The monoisotopic (exact) mass is 259 g/mol. The molecule has 0 radical (unpaired) electrons. The van der Waals surface area contributed by atoms with Crippen molar-refractivity contribution in [3.63, 3.8) is 0 Å². The third-order valence-corrected chi connectivity index (χ3v) is 2.87. The first-order chi connectivity index (χ1) is 9.19. The Hall–Kier alpha value is -2.30. The van der Waals surface area contributed by atoms with Crippen LogP contribution in [0.4, 0.5) is 11.4 Å². The van der Waals surface area contributed by atoms with E-state index in [1.807, 2.05) is 24.3 Å². The van der Waals surface area contributed by atoms with Gasteiger partial charge in [-0.05, 0) is 30.5 Å². The highest BCUT2D eigenvalue weighted by Crippen LogP contribution is 2.14. The van der Waals surface area contributed by atoms with Crippen LogP contribution < -0.4 is 16.6 Å². The van der Waals surface area contributed by atoms with E-state index in [2.05, 4.69) is 22.2 Å². The number of benzene rings is 1. The summed E-state index contributed by atoms with van der Waals surface area (Å²) in [5.74, 6) is 0. The number of hydrogen-bond donors (Lipinski definition) is 3. The molecule has 0 bridgehead atoms. The molecule has 100 valence electrons. The van der Waals surface area contributed by atoms with E-state index in [0.29, 0.717) is 5.69 Å². The van der Waals surface area contributed by atoms with E-state index in [9.17, 15) is 9.59 Å². The fourth-order valence-corrected chi connectivity index (χ4v) is 1.79. The first kappa shape index (κ1) is 13.1. The molecule has 1 heterocycles. The molecule has 5 heteroatoms. The van der Waals surface area contributed by atoms with Gasteiger partial charge in [-0.3, -0.25) is 9.78 Å². The quantitative estimate of drug-likeness (QED) is 0.770. The lowest BCUT2D eigenvalue weighted by Gasteiger charge is -2.06. The highest BCUT2D eigenvalue weighted by atomic mass is 16.2. The molecular weight excluding hydrogens is 242 g/mol. The predicted octanol–water partition coefficient (Wildman–Crippen LogP) is 2.15. The summed E-state index contributed by atoms with van der Waals surface area (Å²) in [5.41, 5.74) is 1.48. The van der Waals surface area contributed by atoms with Crippen LogP contribution in [-0.4, -0.2) is 9.97 Å². The van der Waals surface area contributed by atoms with Crippen LogP contribution in [0.25, 0.3) is 0 Å². The molecule has 2 rings (SSSR count). The second kappa shape index (κ2) is 6.04. The van der Waals surface area contributed by atoms with Crippen molar-refractivity contribution in [3.8, 4) is 0 Å². The van der Waals surface area contributed by atoms with Crippen molar-refractivity contribution in [2.24, 2.45) is 0 Å². The Morgan fingerprint density at radius 2 is 1.89 bits per heavy atom. The smallest absolute Gasteiger partial charge is 0.325 e. The van der Waals surface area contributed by atoms with E-state index in [0.717, 1.165) is 12.1 Å². The Morgan fingerprint density at radius 1 is 1.16 bits per heavy atom. The molecule has 1 aromatic heterocycles. The molecule has 5 nitrogen and oxygen atoms in total. The van der Waals surface area contributed by atoms with Gasteiger partial charge in [-0.2, -0.15) is 0 Å². The first-order valence-electron chi connectivity index (χ1n) is 6.37. The van der Waals surface area contributed by atoms with Gasteiger partial charge in [0.25, 0.3) is 5.56 Å². The number of anilines is 2. The summed E-state index contributed by atoms with van der Waals surface area (Å²) < 4.78 is 0. The molecule has 2 aromatic rings. The molecule has 0 aliphatic rings. The van der Waals surface area contributed by atoms with Gasteiger partial charge in [0.05, 0.1) is 0 Å². The molecule has 0 unspecified atom stereocenters. The van der Waals surface area contributed by atoms with Gasteiger partial charge in [-0.15, -0.1) is 0 Å². The molecule has 0 aliphatic carbocycles. The minimum absolute atomic E-state index is 0.320. The lowest BCUT2D eigenvalue weighted by atomic mass is 10.1. The molecule has 0 spiro atoms. The summed E-state index contributed by atoms with van der Waals surface area (Å²) in [6, 6.07) is 7.93. The maximum atomic E-state index is 11.5. The van der Waals surface area contributed by atoms with Gasteiger partial charge in [-0.1, -0.05) is 25.5 Å². The van der Waals surface area contributed by atoms with Gasteiger partial charge >= 0.3 is 5.69 Å². The van der Waals surface area contributed by atoms with E-state index in [1.54, 1.807) is 0 Å². The minimum atomic E-state index is -0.509. The van der Waals surface area contributed by atoms with E-state index >= 15 is 0 Å². The van der Waals surface area contributed by atoms with Gasteiger partial charge in [-0.25, -0.2) is 4.79 Å². The molecular formula is C14H17N3O2. The minimum Gasteiger partial charge on any atom is -0.350 e. The third kappa shape index (κ3) is 3.58. The van der Waals surface area contributed by atoms with Crippen molar-refractivity contribution in [1.29, 1.82) is 0 Å². The Balaban J connectivity index is 2.11. The van der Waals surface area contributed by atoms with Gasteiger partial charge < -0.3 is 10.3 Å². The summed E-state index contributed by atoms with van der Waals surface area (Å²) in [6.45, 7) is 2.17. The normalized spacial score (nSPS) is 10.4. The van der Waals surface area contributed by atoms with Gasteiger partial charge in [0.15, 0.2) is 0 Å². The maximum Gasteiger partial charge on any atom is 0.325 e. The Bertz CT molecular complexity index is 641. The van der Waals surface area contributed by atoms with Crippen LogP contribution >= 0.6 is 0 Å². The topological polar surface area (TPSA) is 77.8 Å². The fraction of sp³-hybridized carbons (Fsp3) is 0.286. The predicted molar refractivity (Wildman–Crippen MR) is 76.0 cm³/mol. The average Bonchev–Trinajstić information content (AvgIpc) is 2.41. The van der Waals surface area contributed by atoms with Crippen molar-refractivity contribution in [2.75, 3.05) is 5.32 Å². The lowest BCUT2D eigenvalue weighted by Crippen LogP contribution is -2.23. The molecule has 0 aliphatic heterocycles. The number of aromatic amines is 2. The second-order valence-corrected chi connectivity index (χ2v) is 4.41. The number of nitrogens with one attached hydrogen (secondary N) is 3. The number of aromatic nitrogens is 2. The van der Waals surface area contributed by atoms with Crippen LogP contribution in [-0.2, 0) is 6.42 Å². The van der Waals surface area contributed by atoms with Crippen molar-refractivity contribution < 1.29 is 0 Å². The van der Waals surface area contributed by atoms with Crippen LogP contribution in [0, 0.1) is 0 Å². The third-order valence-electron chi connectivity index (χ3n) is 2.87. The van der Waals surface area contributed by atoms with Crippen LogP contribution in [0.2, 0.25) is 0 Å². The summed E-state index contributed by atoms with van der Waals surface area (Å²) in [6.07, 6.45) is 4.78. The number of hydrogen-bond acceptors (Lipinski definition) is 3. The summed E-state index contributed by atoms with van der Waals surface area (Å²) >= 11 is 0. The second-order valence-electron chi connectivity index (χ2n) is 4.41. The van der Waals surface area contributed by atoms with Gasteiger partial charge in [0, 0.05) is 11.9 Å². The highest BCUT2D eigenvalue weighted by molar-refractivity contribution is 5.57. The van der Waals surface area contributed by atoms with Crippen molar-refractivity contribution in [2.45, 2.75) is 26.2 Å². The Morgan fingerprint density at radius 3 is 2.53 bits per heavy atom. The largest absolute Gasteiger partial charge is 0.350 e. The van der Waals surface area contributed by atoms with Crippen LogP contribution in [0.3, 0.4) is 0 Å². The zero-order valence-electron chi connectivity index (χ0n) is 10.8. The van der Waals surface area contributed by atoms with E-state index < -0.39 is 11.2 Å². The molecule has 0 fully saturated rings. The lowest BCUT2D eigenvalue weighted by molar-refractivity contribution is 0.795. The molecule has 1 aromatic carbocycles. The van der Waals surface area contributed by atoms with Crippen molar-refractivity contribution in [3.05, 3.63) is 56.9 Å². The van der Waals surface area contributed by atoms with Crippen LogP contribution in [0.15, 0.2) is 40.1 Å². The number of unbranched alkanes of at least 4 members (excludes halogenated alkanes) is 1. The summed E-state index contributed by atoms with van der Waals surface area (Å²) in [7, 11) is 0. The van der Waals surface area contributed by atoms with Crippen molar-refractivity contribution >= 4 is 11.4 Å². The highest BCUT2D eigenvalue weighted by Gasteiger charge is 2.00.